The maximum atomic E-state index is 12.4. The Morgan fingerprint density at radius 3 is 2.61 bits per heavy atom. The van der Waals surface area contributed by atoms with Crippen molar-refractivity contribution in [2.24, 2.45) is 0 Å². The quantitative estimate of drug-likeness (QED) is 0.393. The molecule has 1 aromatic carbocycles. The third-order valence-electron chi connectivity index (χ3n) is 5.23. The van der Waals surface area contributed by atoms with Crippen LogP contribution in [0, 0.1) is 39.0 Å². The highest BCUT2D eigenvalue weighted by Gasteiger charge is 2.17. The Kier molecular flexibility index (Phi) is 8.17. The molecule has 1 aromatic heterocycles. The van der Waals surface area contributed by atoms with Gasteiger partial charge in [0.25, 0.3) is 5.91 Å². The number of rotatable bonds is 8. The zero-order valence-electron chi connectivity index (χ0n) is 18.9. The third-order valence-corrected chi connectivity index (χ3v) is 5.23. The van der Waals surface area contributed by atoms with E-state index in [1.807, 2.05) is 58.9 Å². The zero-order chi connectivity index (χ0) is 23.1. The van der Waals surface area contributed by atoms with Gasteiger partial charge in [-0.25, -0.2) is 4.79 Å². The molecule has 1 heterocycles. The van der Waals surface area contributed by atoms with E-state index in [4.69, 9.17) is 9.47 Å². The summed E-state index contributed by atoms with van der Waals surface area (Å²) < 4.78 is 12.4. The first-order valence-electron chi connectivity index (χ1n) is 10.0. The van der Waals surface area contributed by atoms with Gasteiger partial charge in [-0.3, -0.25) is 4.79 Å². The lowest BCUT2D eigenvalue weighted by Crippen LogP contribution is -2.22. The topological polar surface area (TPSA) is 93.3 Å². The van der Waals surface area contributed by atoms with E-state index in [0.29, 0.717) is 12.3 Å². The van der Waals surface area contributed by atoms with E-state index in [0.717, 1.165) is 28.1 Å². The van der Waals surface area contributed by atoms with Crippen molar-refractivity contribution in [2.75, 3.05) is 25.6 Å². The van der Waals surface area contributed by atoms with Gasteiger partial charge in [-0.15, -0.1) is 0 Å². The Labute approximate surface area is 183 Å². The van der Waals surface area contributed by atoms with Crippen LogP contribution in [-0.4, -0.2) is 36.8 Å². The standard InChI is InChI=1S/C24H29N3O4/c1-15-8-7-9-22(18(15)4)26-23(28)14-31-24(29)21(12-25)11-20-10-16(2)27(19(20)5)17(3)13-30-6/h7-11,17H,13-14H2,1-6H3,(H,26,28)/b21-11+/t17-/m1/s1. The van der Waals surface area contributed by atoms with Crippen LogP contribution in [0.3, 0.4) is 0 Å². The summed E-state index contributed by atoms with van der Waals surface area (Å²) in [5.41, 5.74) is 5.13. The molecule has 0 saturated carbocycles. The molecular weight excluding hydrogens is 394 g/mol. The van der Waals surface area contributed by atoms with Crippen molar-refractivity contribution in [1.29, 1.82) is 5.26 Å². The number of nitrogens with zero attached hydrogens (tertiary/aromatic N) is 2. The largest absolute Gasteiger partial charge is 0.451 e. The molecule has 7 heteroatoms. The summed E-state index contributed by atoms with van der Waals surface area (Å²) in [4.78, 5) is 24.6. The van der Waals surface area contributed by atoms with Gasteiger partial charge in [-0.2, -0.15) is 5.26 Å². The minimum absolute atomic E-state index is 0.110. The van der Waals surface area contributed by atoms with Crippen LogP contribution in [0.2, 0.25) is 0 Å². The Balaban J connectivity index is 2.09. The number of ether oxygens (including phenoxy) is 2. The van der Waals surface area contributed by atoms with Crippen LogP contribution in [0.1, 0.15) is 41.0 Å². The fourth-order valence-electron chi connectivity index (χ4n) is 3.52. The number of benzene rings is 1. The molecule has 7 nitrogen and oxygen atoms in total. The molecule has 0 fully saturated rings. The molecule has 1 N–H and O–H groups in total. The lowest BCUT2D eigenvalue weighted by Gasteiger charge is -2.17. The number of hydrogen-bond acceptors (Lipinski definition) is 5. The Morgan fingerprint density at radius 2 is 1.97 bits per heavy atom. The van der Waals surface area contributed by atoms with E-state index in [1.54, 1.807) is 13.2 Å². The van der Waals surface area contributed by atoms with Crippen molar-refractivity contribution in [3.63, 3.8) is 0 Å². The molecule has 2 aromatic rings. The number of hydrogen-bond donors (Lipinski definition) is 1. The number of amides is 1. The highest BCUT2D eigenvalue weighted by molar-refractivity contribution is 6.00. The fourth-order valence-corrected chi connectivity index (χ4v) is 3.52. The van der Waals surface area contributed by atoms with E-state index >= 15 is 0 Å². The van der Waals surface area contributed by atoms with E-state index < -0.39 is 18.5 Å². The van der Waals surface area contributed by atoms with Gasteiger partial charge in [-0.05, 0) is 69.5 Å². The average molecular weight is 424 g/mol. The van der Waals surface area contributed by atoms with Crippen LogP contribution >= 0.6 is 0 Å². The van der Waals surface area contributed by atoms with Crippen molar-refractivity contribution >= 4 is 23.6 Å². The maximum absolute atomic E-state index is 12.4. The van der Waals surface area contributed by atoms with Gasteiger partial charge in [0.05, 0.1) is 12.6 Å². The van der Waals surface area contributed by atoms with Crippen molar-refractivity contribution in [1.82, 2.24) is 4.57 Å². The highest BCUT2D eigenvalue weighted by Crippen LogP contribution is 2.23. The lowest BCUT2D eigenvalue weighted by molar-refractivity contribution is -0.142. The number of carbonyl (C=O) groups is 2. The lowest BCUT2D eigenvalue weighted by atomic mass is 10.1. The van der Waals surface area contributed by atoms with Crippen LogP contribution in [0.4, 0.5) is 5.69 Å². The van der Waals surface area contributed by atoms with Crippen LogP contribution in [0.5, 0.6) is 0 Å². The maximum Gasteiger partial charge on any atom is 0.349 e. The average Bonchev–Trinajstić information content (AvgIpc) is 3.01. The molecule has 0 spiro atoms. The van der Waals surface area contributed by atoms with Crippen LogP contribution in [0.25, 0.3) is 6.08 Å². The molecule has 0 aliphatic heterocycles. The zero-order valence-corrected chi connectivity index (χ0v) is 18.9. The number of carbonyl (C=O) groups excluding carboxylic acids is 2. The predicted octanol–water partition coefficient (Wildman–Crippen LogP) is 4.02. The SMILES string of the molecule is COC[C@@H](C)n1c(C)cc(/C=C(\C#N)C(=O)OCC(=O)Nc2cccc(C)c2C)c1C. The first-order chi connectivity index (χ1) is 14.7. The Morgan fingerprint density at radius 1 is 1.26 bits per heavy atom. The van der Waals surface area contributed by atoms with Crippen LogP contribution in [0.15, 0.2) is 29.8 Å². The number of aryl methyl sites for hydroxylation is 2. The molecule has 164 valence electrons. The molecule has 1 amide bonds. The van der Waals surface area contributed by atoms with Gasteiger partial charge in [-0.1, -0.05) is 12.1 Å². The van der Waals surface area contributed by atoms with Crippen molar-refractivity contribution in [3.05, 3.63) is 57.9 Å². The Bertz CT molecular complexity index is 1040. The fraction of sp³-hybridized carbons (Fsp3) is 0.375. The van der Waals surface area contributed by atoms with E-state index in [-0.39, 0.29) is 11.6 Å². The normalized spacial score (nSPS) is 12.2. The monoisotopic (exact) mass is 423 g/mol. The second-order valence-corrected chi connectivity index (χ2v) is 7.54. The number of aromatic nitrogens is 1. The molecule has 0 aliphatic rings. The van der Waals surface area contributed by atoms with E-state index in [1.165, 1.54) is 6.08 Å². The number of methoxy groups -OCH3 is 1. The summed E-state index contributed by atoms with van der Waals surface area (Å²) in [6, 6.07) is 9.45. The minimum Gasteiger partial charge on any atom is -0.451 e. The van der Waals surface area contributed by atoms with Gasteiger partial charge in [0.2, 0.25) is 0 Å². The summed E-state index contributed by atoms with van der Waals surface area (Å²) in [6.07, 6.45) is 1.49. The molecular formula is C24H29N3O4. The van der Waals surface area contributed by atoms with Crippen molar-refractivity contribution in [3.8, 4) is 6.07 Å². The van der Waals surface area contributed by atoms with Crippen LogP contribution in [-0.2, 0) is 19.1 Å². The smallest absolute Gasteiger partial charge is 0.349 e. The van der Waals surface area contributed by atoms with Gasteiger partial charge in [0, 0.05) is 24.2 Å². The number of esters is 1. The summed E-state index contributed by atoms with van der Waals surface area (Å²) in [7, 11) is 1.64. The van der Waals surface area contributed by atoms with E-state index in [2.05, 4.69) is 9.88 Å². The molecule has 0 bridgehead atoms. The van der Waals surface area contributed by atoms with Crippen molar-refractivity contribution in [2.45, 2.75) is 40.7 Å². The second kappa shape index (κ2) is 10.6. The summed E-state index contributed by atoms with van der Waals surface area (Å²) in [6.45, 7) is 9.82. The molecule has 0 aliphatic carbocycles. The third kappa shape index (κ3) is 5.83. The second-order valence-electron chi connectivity index (χ2n) is 7.54. The first kappa shape index (κ1) is 23.9. The number of nitriles is 1. The summed E-state index contributed by atoms with van der Waals surface area (Å²) in [5.74, 6) is -1.31. The molecule has 0 saturated heterocycles. The van der Waals surface area contributed by atoms with Gasteiger partial charge >= 0.3 is 5.97 Å². The van der Waals surface area contributed by atoms with Gasteiger partial charge < -0.3 is 19.4 Å². The van der Waals surface area contributed by atoms with Crippen LogP contribution < -0.4 is 5.32 Å². The minimum atomic E-state index is -0.839. The highest BCUT2D eigenvalue weighted by atomic mass is 16.5. The van der Waals surface area contributed by atoms with Crippen molar-refractivity contribution < 1.29 is 19.1 Å². The van der Waals surface area contributed by atoms with Gasteiger partial charge in [0.15, 0.2) is 6.61 Å². The predicted molar refractivity (Wildman–Crippen MR) is 120 cm³/mol. The molecule has 1 atom stereocenters. The van der Waals surface area contributed by atoms with E-state index in [9.17, 15) is 14.9 Å². The molecule has 0 unspecified atom stereocenters. The Hall–Kier alpha value is -3.37. The molecule has 31 heavy (non-hydrogen) atoms. The first-order valence-corrected chi connectivity index (χ1v) is 10.0. The van der Waals surface area contributed by atoms with Gasteiger partial charge in [0.1, 0.15) is 11.6 Å². The molecule has 2 rings (SSSR count). The molecule has 0 radical (unpaired) electrons. The number of nitrogens with one attached hydrogen (secondary N) is 1. The number of anilines is 1. The summed E-state index contributed by atoms with van der Waals surface area (Å²) in [5, 5.41) is 12.2. The summed E-state index contributed by atoms with van der Waals surface area (Å²) >= 11 is 0.